The molecule has 0 saturated heterocycles. The molecule has 96 valence electrons. The lowest BCUT2D eigenvalue weighted by Gasteiger charge is -2.06. The summed E-state index contributed by atoms with van der Waals surface area (Å²) in [5.41, 5.74) is 2.03. The molecule has 0 fully saturated rings. The van der Waals surface area contributed by atoms with E-state index >= 15 is 0 Å². The number of nitrogens with zero attached hydrogens (tertiary/aromatic N) is 2. The maximum atomic E-state index is 13.9. The number of aryl methyl sites for hydroxylation is 1. The molecule has 0 aliphatic rings. The predicted molar refractivity (Wildman–Crippen MR) is 77.6 cm³/mol. The Bertz CT molecular complexity index is 786. The van der Waals surface area contributed by atoms with Gasteiger partial charge in [-0.2, -0.15) is 11.3 Å². The molecule has 0 saturated carbocycles. The number of benzene rings is 1. The summed E-state index contributed by atoms with van der Waals surface area (Å²) in [7, 11) is 0. The van der Waals surface area contributed by atoms with E-state index in [4.69, 9.17) is 23.2 Å². The summed E-state index contributed by atoms with van der Waals surface area (Å²) < 4.78 is 13.9. The van der Waals surface area contributed by atoms with Crippen molar-refractivity contribution in [2.24, 2.45) is 0 Å². The van der Waals surface area contributed by atoms with Crippen molar-refractivity contribution < 1.29 is 4.39 Å². The van der Waals surface area contributed by atoms with Crippen LogP contribution in [0.5, 0.6) is 0 Å². The molecular weight excluding hydrogens is 306 g/mol. The van der Waals surface area contributed by atoms with E-state index in [-0.39, 0.29) is 10.7 Å². The maximum Gasteiger partial charge on any atom is 0.162 e. The second-order valence-corrected chi connectivity index (χ2v) is 5.57. The zero-order valence-electron chi connectivity index (χ0n) is 9.75. The van der Waals surface area contributed by atoms with Gasteiger partial charge < -0.3 is 0 Å². The van der Waals surface area contributed by atoms with E-state index in [9.17, 15) is 4.39 Å². The van der Waals surface area contributed by atoms with E-state index in [1.807, 2.05) is 17.7 Å². The molecule has 3 aromatic rings. The quantitative estimate of drug-likeness (QED) is 0.583. The molecule has 6 heteroatoms. The Morgan fingerprint density at radius 2 is 1.95 bits per heavy atom. The van der Waals surface area contributed by atoms with Gasteiger partial charge in [0, 0.05) is 10.9 Å². The lowest BCUT2D eigenvalue weighted by atomic mass is 10.2. The van der Waals surface area contributed by atoms with Crippen molar-refractivity contribution >= 4 is 45.4 Å². The number of aromatic nitrogens is 2. The van der Waals surface area contributed by atoms with Crippen LogP contribution in [0, 0.1) is 12.7 Å². The second-order valence-electron chi connectivity index (χ2n) is 4.06. The normalized spacial score (nSPS) is 11.2. The van der Waals surface area contributed by atoms with Crippen molar-refractivity contribution in [1.29, 1.82) is 0 Å². The zero-order chi connectivity index (χ0) is 13.6. The molecular formula is C13H7Cl2FN2S. The molecule has 2 aromatic heterocycles. The molecule has 0 atom stereocenters. The van der Waals surface area contributed by atoms with Crippen molar-refractivity contribution in [2.75, 3.05) is 0 Å². The highest BCUT2D eigenvalue weighted by Gasteiger charge is 2.15. The minimum atomic E-state index is -0.460. The highest BCUT2D eigenvalue weighted by molar-refractivity contribution is 7.08. The third-order valence-electron chi connectivity index (χ3n) is 2.80. The molecule has 0 amide bonds. The Morgan fingerprint density at radius 3 is 2.63 bits per heavy atom. The van der Waals surface area contributed by atoms with Gasteiger partial charge in [0.2, 0.25) is 0 Å². The first-order chi connectivity index (χ1) is 9.08. The zero-order valence-corrected chi connectivity index (χ0v) is 12.1. The number of hydrogen-bond acceptors (Lipinski definition) is 3. The van der Waals surface area contributed by atoms with Gasteiger partial charge in [0.25, 0.3) is 0 Å². The largest absolute Gasteiger partial charge is 0.225 e. The van der Waals surface area contributed by atoms with Crippen LogP contribution in [-0.2, 0) is 0 Å². The summed E-state index contributed by atoms with van der Waals surface area (Å²) in [5.74, 6) is -0.0461. The average molecular weight is 313 g/mol. The Morgan fingerprint density at radius 1 is 1.16 bits per heavy atom. The van der Waals surface area contributed by atoms with Crippen LogP contribution in [-0.4, -0.2) is 9.97 Å². The number of halogens is 3. The highest BCUT2D eigenvalue weighted by Crippen LogP contribution is 2.33. The summed E-state index contributed by atoms with van der Waals surface area (Å²) in [6.45, 7) is 1.95. The van der Waals surface area contributed by atoms with Gasteiger partial charge in [-0.3, -0.25) is 0 Å². The third-order valence-corrected chi connectivity index (χ3v) is 4.25. The Hall–Kier alpha value is -1.23. The molecule has 2 nitrogen and oxygen atoms in total. The number of rotatable bonds is 1. The van der Waals surface area contributed by atoms with Crippen molar-refractivity contribution in [3.63, 3.8) is 0 Å². The lowest BCUT2D eigenvalue weighted by molar-refractivity contribution is 0.636. The van der Waals surface area contributed by atoms with E-state index in [1.54, 1.807) is 0 Å². The number of thiophene rings is 1. The molecule has 0 aliphatic carbocycles. The average Bonchev–Trinajstić information content (AvgIpc) is 2.79. The summed E-state index contributed by atoms with van der Waals surface area (Å²) in [6, 6.07) is 2.72. The van der Waals surface area contributed by atoms with Crippen molar-refractivity contribution in [2.45, 2.75) is 6.92 Å². The van der Waals surface area contributed by atoms with Crippen LogP contribution in [0.3, 0.4) is 0 Å². The summed E-state index contributed by atoms with van der Waals surface area (Å²) in [5, 5.41) is 4.74. The van der Waals surface area contributed by atoms with Crippen LogP contribution in [0.2, 0.25) is 10.2 Å². The van der Waals surface area contributed by atoms with Gasteiger partial charge in [-0.05, 0) is 30.0 Å². The third kappa shape index (κ3) is 2.10. The van der Waals surface area contributed by atoms with Gasteiger partial charge in [0.15, 0.2) is 5.82 Å². The maximum absolute atomic E-state index is 13.9. The smallest absolute Gasteiger partial charge is 0.162 e. The summed E-state index contributed by atoms with van der Waals surface area (Å²) in [6.07, 6.45) is 0. The SMILES string of the molecule is Cc1cscc1-c1nc(Cl)c2c(Cl)ccc(F)c2n1. The fourth-order valence-electron chi connectivity index (χ4n) is 1.84. The number of hydrogen-bond donors (Lipinski definition) is 0. The van der Waals surface area contributed by atoms with Gasteiger partial charge in [-0.25, -0.2) is 14.4 Å². The first kappa shape index (κ1) is 12.8. The summed E-state index contributed by atoms with van der Waals surface area (Å²) in [4.78, 5) is 8.47. The van der Waals surface area contributed by atoms with Crippen molar-refractivity contribution in [1.82, 2.24) is 9.97 Å². The van der Waals surface area contributed by atoms with Gasteiger partial charge in [-0.15, -0.1) is 0 Å². The molecule has 0 aliphatic heterocycles. The lowest BCUT2D eigenvalue weighted by Crippen LogP contribution is -1.94. The van der Waals surface area contributed by atoms with Crippen LogP contribution in [0.4, 0.5) is 4.39 Å². The second kappa shape index (κ2) is 4.71. The standard InChI is InChI=1S/C13H7Cl2FN2S/c1-6-4-19-5-7(6)13-17-11-9(16)3-2-8(14)10(11)12(15)18-13/h2-5H,1H3. The molecule has 0 N–H and O–H groups in total. The first-order valence-electron chi connectivity index (χ1n) is 5.42. The fraction of sp³-hybridized carbons (Fsp3) is 0.0769. The Balaban J connectivity index is 2.37. The topological polar surface area (TPSA) is 25.8 Å². The minimum Gasteiger partial charge on any atom is -0.225 e. The molecule has 19 heavy (non-hydrogen) atoms. The molecule has 0 bridgehead atoms. The van der Waals surface area contributed by atoms with Crippen LogP contribution in [0.15, 0.2) is 22.9 Å². The van der Waals surface area contributed by atoms with Crippen molar-refractivity contribution in [3.8, 4) is 11.4 Å². The van der Waals surface area contributed by atoms with E-state index in [0.717, 1.165) is 11.1 Å². The molecule has 2 heterocycles. The molecule has 0 radical (unpaired) electrons. The Kier molecular flexibility index (Phi) is 3.17. The van der Waals surface area contributed by atoms with Crippen molar-refractivity contribution in [3.05, 3.63) is 44.4 Å². The summed E-state index contributed by atoms with van der Waals surface area (Å²) >= 11 is 13.7. The fourth-order valence-corrected chi connectivity index (χ4v) is 3.22. The Labute approximate surface area is 122 Å². The van der Waals surface area contributed by atoms with E-state index in [0.29, 0.717) is 16.2 Å². The predicted octanol–water partition coefficient (Wildman–Crippen LogP) is 5.11. The van der Waals surface area contributed by atoms with E-state index in [1.165, 1.54) is 23.5 Å². The monoisotopic (exact) mass is 312 g/mol. The van der Waals surface area contributed by atoms with Crippen LogP contribution in [0.25, 0.3) is 22.3 Å². The van der Waals surface area contributed by atoms with Gasteiger partial charge in [-0.1, -0.05) is 23.2 Å². The molecule has 1 aromatic carbocycles. The number of fused-ring (bicyclic) bond motifs is 1. The van der Waals surface area contributed by atoms with Crippen LogP contribution in [0.1, 0.15) is 5.56 Å². The van der Waals surface area contributed by atoms with E-state index < -0.39 is 5.82 Å². The molecule has 0 unspecified atom stereocenters. The van der Waals surface area contributed by atoms with E-state index in [2.05, 4.69) is 9.97 Å². The van der Waals surface area contributed by atoms with Crippen LogP contribution >= 0.6 is 34.5 Å². The first-order valence-corrected chi connectivity index (χ1v) is 7.12. The van der Waals surface area contributed by atoms with Gasteiger partial charge in [0.1, 0.15) is 16.5 Å². The van der Waals surface area contributed by atoms with Crippen LogP contribution < -0.4 is 0 Å². The highest BCUT2D eigenvalue weighted by atomic mass is 35.5. The van der Waals surface area contributed by atoms with Gasteiger partial charge >= 0.3 is 0 Å². The van der Waals surface area contributed by atoms with Gasteiger partial charge in [0.05, 0.1) is 10.4 Å². The molecule has 3 rings (SSSR count). The molecule has 0 spiro atoms. The minimum absolute atomic E-state index is 0.146.